The molecule has 10 aromatic rings. The van der Waals surface area contributed by atoms with E-state index in [2.05, 4.69) is 83.6 Å². The lowest BCUT2D eigenvalue weighted by atomic mass is 10.0. The maximum absolute atomic E-state index is 5.55. The van der Waals surface area contributed by atoms with Gasteiger partial charge in [0.2, 0.25) is 0 Å². The summed E-state index contributed by atoms with van der Waals surface area (Å²) >= 11 is 3.70. The summed E-state index contributed by atoms with van der Waals surface area (Å²) in [5.74, 6) is 2.07. The van der Waals surface area contributed by atoms with Crippen molar-refractivity contribution >= 4 is 88.4 Å². The Balaban J connectivity index is 0.872. The Morgan fingerprint density at radius 3 is 0.908 bits per heavy atom. The second kappa shape index (κ2) is 27.6. The maximum Gasteiger partial charge on any atom is 0.151 e. The average Bonchev–Trinajstić information content (AvgIpc) is 4.48. The van der Waals surface area contributed by atoms with Crippen molar-refractivity contribution in [2.24, 2.45) is 0 Å². The molecule has 0 saturated heterocycles. The minimum absolute atomic E-state index is 0.917. The van der Waals surface area contributed by atoms with Crippen molar-refractivity contribution in [1.29, 1.82) is 0 Å². The number of aromatic nitrogens is 8. The van der Waals surface area contributed by atoms with Gasteiger partial charge >= 0.3 is 0 Å². The molecular weight excluding hydrogens is 969 g/mol. The summed E-state index contributed by atoms with van der Waals surface area (Å²) in [6.07, 6.45) is 45.3. The molecule has 2 aromatic carbocycles. The summed E-state index contributed by atoms with van der Waals surface area (Å²) in [5, 5.41) is 4.37. The van der Waals surface area contributed by atoms with E-state index in [-0.39, 0.29) is 0 Å². The van der Waals surface area contributed by atoms with Crippen molar-refractivity contribution in [1.82, 2.24) is 39.0 Å². The Morgan fingerprint density at radius 1 is 0.303 bits per heavy atom. The van der Waals surface area contributed by atoms with Crippen LogP contribution in [0.25, 0.3) is 96.8 Å². The van der Waals surface area contributed by atoms with E-state index in [9.17, 15) is 0 Å². The normalized spacial score (nSPS) is 12.1. The van der Waals surface area contributed by atoms with E-state index >= 15 is 0 Å². The van der Waals surface area contributed by atoms with Gasteiger partial charge in [-0.25, -0.2) is 9.97 Å². The molecule has 0 atom stereocenters. The van der Waals surface area contributed by atoms with Crippen LogP contribution in [0.1, 0.15) is 194 Å². The highest BCUT2D eigenvalue weighted by molar-refractivity contribution is 7.25. The zero-order chi connectivity index (χ0) is 51.7. The van der Waals surface area contributed by atoms with Crippen LogP contribution in [0.15, 0.2) is 97.6 Å². The van der Waals surface area contributed by atoms with Gasteiger partial charge in [-0.1, -0.05) is 181 Å². The van der Waals surface area contributed by atoms with E-state index in [1.165, 1.54) is 197 Å². The number of hydrogen-bond acceptors (Lipinski definition) is 8. The molecule has 0 aliphatic rings. The standard InChI is InChI=1S/C66H82N8S2/c1-3-5-7-9-11-13-15-17-19-21-23-25-27-29-47-73-63-51-37-33-45-69-59(51)57-49(35-31-43-67-57)61(63)71-65(73)55-41-39-53(75-55)54-40-42-56(76-54)66-72-62-50-36-32-44-68-58(50)60-52(38-34-46-70-60)64(62)74(66)48-30-28-26-24-22-20-18-16-14-12-10-8-6-4-2/h31-46H,3-30,47-48H2,1-2H3. The number of pyridine rings is 4. The number of nitrogens with zero attached hydrogens (tertiary/aromatic N) is 8. The van der Waals surface area contributed by atoms with Crippen LogP contribution in [-0.2, 0) is 13.1 Å². The monoisotopic (exact) mass is 1050 g/mol. The van der Waals surface area contributed by atoms with Crippen molar-refractivity contribution in [3.63, 3.8) is 0 Å². The number of unbranched alkanes of at least 4 members (excludes halogenated alkanes) is 26. The predicted molar refractivity (Wildman–Crippen MR) is 327 cm³/mol. The van der Waals surface area contributed by atoms with Crippen molar-refractivity contribution in [2.45, 2.75) is 207 Å². The average molecular weight is 1050 g/mol. The van der Waals surface area contributed by atoms with Crippen LogP contribution >= 0.6 is 22.7 Å². The Labute approximate surface area is 460 Å². The molecule has 8 aromatic heterocycles. The van der Waals surface area contributed by atoms with Crippen molar-refractivity contribution in [3.05, 3.63) is 97.6 Å². The first-order valence-electron chi connectivity index (χ1n) is 30.0. The second-order valence-electron chi connectivity index (χ2n) is 21.7. The first-order chi connectivity index (χ1) is 37.7. The van der Waals surface area contributed by atoms with Crippen LogP contribution in [0.5, 0.6) is 0 Å². The first kappa shape index (κ1) is 53.8. The van der Waals surface area contributed by atoms with Crippen LogP contribution in [-0.4, -0.2) is 39.0 Å². The SMILES string of the molecule is CCCCCCCCCCCCCCCCn1c(-c2ccc(-c3ccc(-c4nc5c6cccnc6c6ncccc6c5n4CCCCCCCCCCCCCCCC)s3)s2)nc2c3cccnc3c3ncccc3c21. The van der Waals surface area contributed by atoms with Gasteiger partial charge in [-0.15, -0.1) is 22.7 Å². The van der Waals surface area contributed by atoms with Gasteiger partial charge in [-0.3, -0.25) is 19.9 Å². The number of fused-ring (bicyclic) bond motifs is 12. The fourth-order valence-electron chi connectivity index (χ4n) is 11.9. The Hall–Kier alpha value is -5.58. The molecule has 0 saturated carbocycles. The van der Waals surface area contributed by atoms with E-state index < -0.39 is 0 Å². The molecule has 0 aliphatic carbocycles. The quantitative estimate of drug-likeness (QED) is 0.0301. The molecular formula is C66H82N8S2. The summed E-state index contributed by atoms with van der Waals surface area (Å²) in [4.78, 5) is 35.5. The largest absolute Gasteiger partial charge is 0.323 e. The third-order valence-electron chi connectivity index (χ3n) is 16.0. The zero-order valence-electron chi connectivity index (χ0n) is 45.8. The van der Waals surface area contributed by atoms with Crippen LogP contribution < -0.4 is 0 Å². The number of benzene rings is 2. The molecule has 0 bridgehead atoms. The van der Waals surface area contributed by atoms with Crippen LogP contribution in [0.2, 0.25) is 0 Å². The fraction of sp³-hybridized carbons (Fsp3) is 0.485. The van der Waals surface area contributed by atoms with E-state index in [0.717, 1.165) is 92.2 Å². The van der Waals surface area contributed by atoms with Gasteiger partial charge in [-0.2, -0.15) is 0 Å². The third-order valence-corrected chi connectivity index (χ3v) is 18.4. The number of hydrogen-bond donors (Lipinski definition) is 0. The van der Waals surface area contributed by atoms with Gasteiger partial charge in [0.1, 0.15) is 0 Å². The number of imidazole rings is 2. The van der Waals surface area contributed by atoms with Crippen LogP contribution in [0, 0.1) is 0 Å². The summed E-state index contributed by atoms with van der Waals surface area (Å²) in [7, 11) is 0. The lowest BCUT2D eigenvalue weighted by Gasteiger charge is -2.11. The maximum atomic E-state index is 5.55. The molecule has 0 fully saturated rings. The molecule has 76 heavy (non-hydrogen) atoms. The van der Waals surface area contributed by atoms with E-state index in [0.29, 0.717) is 0 Å². The van der Waals surface area contributed by atoms with E-state index in [1.807, 2.05) is 59.6 Å². The highest BCUT2D eigenvalue weighted by atomic mass is 32.1. The van der Waals surface area contributed by atoms with Gasteiger partial charge in [0, 0.05) is 69.2 Å². The number of thiophene rings is 2. The highest BCUT2D eigenvalue weighted by Crippen LogP contribution is 2.44. The highest BCUT2D eigenvalue weighted by Gasteiger charge is 2.24. The number of aryl methyl sites for hydroxylation is 2. The number of rotatable bonds is 33. The third kappa shape index (κ3) is 12.7. The lowest BCUT2D eigenvalue weighted by molar-refractivity contribution is 0.527. The van der Waals surface area contributed by atoms with Gasteiger partial charge in [0.05, 0.1) is 53.9 Å². The molecule has 398 valence electrons. The lowest BCUT2D eigenvalue weighted by Crippen LogP contribution is -2.01. The summed E-state index contributed by atoms with van der Waals surface area (Å²) in [6, 6.07) is 26.2. The minimum Gasteiger partial charge on any atom is -0.323 e. The van der Waals surface area contributed by atoms with Gasteiger partial charge in [-0.05, 0) is 85.6 Å². The van der Waals surface area contributed by atoms with E-state index in [4.69, 9.17) is 29.9 Å². The molecule has 0 amide bonds. The van der Waals surface area contributed by atoms with Gasteiger partial charge in [0.15, 0.2) is 11.6 Å². The second-order valence-corrected chi connectivity index (χ2v) is 23.9. The molecule has 0 spiro atoms. The fourth-order valence-corrected chi connectivity index (χ4v) is 14.0. The molecule has 10 heteroatoms. The van der Waals surface area contributed by atoms with Gasteiger partial charge < -0.3 is 9.13 Å². The van der Waals surface area contributed by atoms with Crippen molar-refractivity contribution in [3.8, 4) is 31.2 Å². The molecule has 0 radical (unpaired) electrons. The molecule has 0 N–H and O–H groups in total. The van der Waals surface area contributed by atoms with Crippen LogP contribution in [0.3, 0.4) is 0 Å². The predicted octanol–water partition coefficient (Wildman–Crippen LogP) is 20.7. The summed E-state index contributed by atoms with van der Waals surface area (Å²) < 4.78 is 5.03. The molecule has 0 aliphatic heterocycles. The summed E-state index contributed by atoms with van der Waals surface area (Å²) in [6.45, 7) is 6.44. The van der Waals surface area contributed by atoms with Gasteiger partial charge in [0.25, 0.3) is 0 Å². The topological polar surface area (TPSA) is 87.2 Å². The smallest absolute Gasteiger partial charge is 0.151 e. The Kier molecular flexibility index (Phi) is 19.6. The van der Waals surface area contributed by atoms with E-state index in [1.54, 1.807) is 0 Å². The summed E-state index contributed by atoms with van der Waals surface area (Å²) in [5.41, 5.74) is 8.10. The molecule has 8 heterocycles. The Morgan fingerprint density at radius 2 is 0.579 bits per heavy atom. The zero-order valence-corrected chi connectivity index (χ0v) is 47.5. The van der Waals surface area contributed by atoms with Crippen molar-refractivity contribution < 1.29 is 0 Å². The Bertz CT molecular complexity index is 3190. The molecule has 8 nitrogen and oxygen atoms in total. The van der Waals surface area contributed by atoms with Crippen molar-refractivity contribution in [2.75, 3.05) is 0 Å². The first-order valence-corrected chi connectivity index (χ1v) is 31.6. The molecule has 10 rings (SSSR count). The molecule has 0 unspecified atom stereocenters. The minimum atomic E-state index is 0.917. The van der Waals surface area contributed by atoms with Crippen LogP contribution in [0.4, 0.5) is 0 Å².